The number of hydrogen-bond donors (Lipinski definition) is 2. The molecule has 2 rings (SSSR count). The van der Waals surface area contributed by atoms with Gasteiger partial charge in [0.25, 0.3) is 5.91 Å². The van der Waals surface area contributed by atoms with Gasteiger partial charge in [0, 0.05) is 34.1 Å². The number of carbonyl (C=O) groups is 2. The van der Waals surface area contributed by atoms with Crippen LogP contribution >= 0.6 is 27.3 Å². The molecule has 0 aliphatic carbocycles. The quantitative estimate of drug-likeness (QED) is 0.849. The number of hydrogen-bond acceptors (Lipinski definition) is 3. The van der Waals surface area contributed by atoms with Crippen molar-refractivity contribution in [2.45, 2.75) is 13.3 Å². The van der Waals surface area contributed by atoms with Gasteiger partial charge in [-0.15, -0.1) is 0 Å². The fourth-order valence-electron chi connectivity index (χ4n) is 1.68. The van der Waals surface area contributed by atoms with Crippen LogP contribution in [0.1, 0.15) is 22.3 Å². The predicted molar refractivity (Wildman–Crippen MR) is 88.8 cm³/mol. The largest absolute Gasteiger partial charge is 0.351 e. The maximum Gasteiger partial charge on any atom is 0.252 e. The van der Waals surface area contributed by atoms with E-state index in [0.29, 0.717) is 12.1 Å². The van der Waals surface area contributed by atoms with Gasteiger partial charge in [0.15, 0.2) is 0 Å². The number of thiophene rings is 1. The first-order valence-corrected chi connectivity index (χ1v) is 8.16. The molecule has 2 aromatic rings. The van der Waals surface area contributed by atoms with Gasteiger partial charge in [-0.3, -0.25) is 9.59 Å². The smallest absolute Gasteiger partial charge is 0.252 e. The van der Waals surface area contributed by atoms with Crippen LogP contribution in [0.4, 0.5) is 5.69 Å². The van der Waals surface area contributed by atoms with Gasteiger partial charge in [-0.25, -0.2) is 0 Å². The third-order valence-corrected chi connectivity index (χ3v) is 4.41. The molecule has 0 spiro atoms. The number of benzene rings is 1. The molecule has 110 valence electrons. The molecule has 0 aliphatic heterocycles. The molecule has 2 amide bonds. The molecule has 2 N–H and O–H groups in total. The second-order valence-corrected chi connectivity index (χ2v) is 6.16. The van der Waals surface area contributed by atoms with E-state index in [1.807, 2.05) is 30.5 Å². The lowest BCUT2D eigenvalue weighted by Gasteiger charge is -2.07. The van der Waals surface area contributed by atoms with Gasteiger partial charge in [-0.05, 0) is 36.1 Å². The number of carbonyl (C=O) groups excluding carboxylic acids is 2. The van der Waals surface area contributed by atoms with E-state index < -0.39 is 0 Å². The van der Waals surface area contributed by atoms with E-state index >= 15 is 0 Å². The molecular weight excluding hydrogens is 352 g/mol. The molecule has 1 aromatic heterocycles. The van der Waals surface area contributed by atoms with Gasteiger partial charge in [-0.1, -0.05) is 22.0 Å². The van der Waals surface area contributed by atoms with Gasteiger partial charge < -0.3 is 10.6 Å². The van der Waals surface area contributed by atoms with Crippen molar-refractivity contribution in [3.8, 4) is 0 Å². The Morgan fingerprint density at radius 2 is 2.10 bits per heavy atom. The summed E-state index contributed by atoms with van der Waals surface area (Å²) in [5.41, 5.74) is 2.47. The molecule has 0 saturated heterocycles. The minimum Gasteiger partial charge on any atom is -0.351 e. The van der Waals surface area contributed by atoms with Crippen LogP contribution < -0.4 is 10.6 Å². The van der Waals surface area contributed by atoms with Crippen molar-refractivity contribution < 1.29 is 9.59 Å². The van der Waals surface area contributed by atoms with Gasteiger partial charge in [0.05, 0.1) is 0 Å². The molecule has 0 radical (unpaired) electrons. The van der Waals surface area contributed by atoms with E-state index in [0.717, 1.165) is 15.7 Å². The number of amides is 2. The molecule has 0 fully saturated rings. The fraction of sp³-hybridized carbons (Fsp3) is 0.200. The summed E-state index contributed by atoms with van der Waals surface area (Å²) in [6.45, 7) is 2.29. The monoisotopic (exact) mass is 366 g/mol. The van der Waals surface area contributed by atoms with E-state index in [4.69, 9.17) is 0 Å². The highest BCUT2D eigenvalue weighted by molar-refractivity contribution is 9.10. The molecule has 0 unspecified atom stereocenters. The first kappa shape index (κ1) is 15.7. The Bertz CT molecular complexity index is 641. The Morgan fingerprint density at radius 3 is 2.76 bits per heavy atom. The maximum absolute atomic E-state index is 11.8. The van der Waals surface area contributed by atoms with Crippen LogP contribution in [0, 0.1) is 6.92 Å². The molecule has 0 saturated carbocycles. The zero-order valence-electron chi connectivity index (χ0n) is 11.5. The van der Waals surface area contributed by atoms with Crippen LogP contribution in [0.15, 0.2) is 39.5 Å². The van der Waals surface area contributed by atoms with Crippen molar-refractivity contribution >= 4 is 44.8 Å². The van der Waals surface area contributed by atoms with Gasteiger partial charge in [0.2, 0.25) is 5.91 Å². The lowest BCUT2D eigenvalue weighted by molar-refractivity contribution is -0.116. The summed E-state index contributed by atoms with van der Waals surface area (Å²) in [7, 11) is 0. The van der Waals surface area contributed by atoms with Crippen molar-refractivity contribution in [3.63, 3.8) is 0 Å². The van der Waals surface area contributed by atoms with E-state index in [1.165, 1.54) is 11.3 Å². The lowest BCUT2D eigenvalue weighted by Crippen LogP contribution is -2.27. The number of rotatable bonds is 5. The summed E-state index contributed by atoms with van der Waals surface area (Å²) in [5.74, 6) is -0.279. The van der Waals surface area contributed by atoms with Crippen molar-refractivity contribution in [2.24, 2.45) is 0 Å². The third-order valence-electron chi connectivity index (χ3n) is 2.88. The van der Waals surface area contributed by atoms with Gasteiger partial charge in [0.1, 0.15) is 0 Å². The maximum atomic E-state index is 11.8. The molecular formula is C15H15BrN2O2S. The summed E-state index contributed by atoms with van der Waals surface area (Å²) < 4.78 is 0.950. The van der Waals surface area contributed by atoms with Crippen LogP contribution in [0.2, 0.25) is 0 Å². The van der Waals surface area contributed by atoms with E-state index in [2.05, 4.69) is 26.6 Å². The Labute approximate surface area is 135 Å². The molecule has 4 nitrogen and oxygen atoms in total. The molecule has 21 heavy (non-hydrogen) atoms. The first-order valence-electron chi connectivity index (χ1n) is 6.42. The molecule has 1 heterocycles. The minimum atomic E-state index is -0.151. The predicted octanol–water partition coefficient (Wildman–Crippen LogP) is 3.58. The Balaban J connectivity index is 1.77. The normalized spacial score (nSPS) is 10.2. The highest BCUT2D eigenvalue weighted by Crippen LogP contribution is 2.20. The second-order valence-electron chi connectivity index (χ2n) is 4.53. The summed E-state index contributed by atoms with van der Waals surface area (Å²) in [4.78, 5) is 23.5. The van der Waals surface area contributed by atoms with Crippen LogP contribution in [0.25, 0.3) is 0 Å². The summed E-state index contributed by atoms with van der Waals surface area (Å²) in [6, 6.07) is 7.39. The van der Waals surface area contributed by atoms with Gasteiger partial charge in [-0.2, -0.15) is 11.3 Å². The van der Waals surface area contributed by atoms with Crippen molar-refractivity contribution in [2.75, 3.05) is 11.9 Å². The van der Waals surface area contributed by atoms with E-state index in [9.17, 15) is 9.59 Å². The van der Waals surface area contributed by atoms with Crippen LogP contribution in [0.3, 0.4) is 0 Å². The Morgan fingerprint density at radius 1 is 1.29 bits per heavy atom. The molecule has 0 aliphatic rings. The van der Waals surface area contributed by atoms with Crippen LogP contribution in [0.5, 0.6) is 0 Å². The number of halogens is 1. The molecule has 0 bridgehead atoms. The molecule has 6 heteroatoms. The Kier molecular flexibility index (Phi) is 5.52. The molecule has 0 atom stereocenters. The van der Waals surface area contributed by atoms with Crippen LogP contribution in [-0.2, 0) is 4.79 Å². The van der Waals surface area contributed by atoms with Crippen molar-refractivity contribution in [1.29, 1.82) is 0 Å². The van der Waals surface area contributed by atoms with Gasteiger partial charge >= 0.3 is 0 Å². The van der Waals surface area contributed by atoms with Crippen LogP contribution in [-0.4, -0.2) is 18.4 Å². The topological polar surface area (TPSA) is 58.2 Å². The number of anilines is 1. The highest BCUT2D eigenvalue weighted by Gasteiger charge is 2.07. The lowest BCUT2D eigenvalue weighted by atomic mass is 10.2. The first-order chi connectivity index (χ1) is 10.1. The summed E-state index contributed by atoms with van der Waals surface area (Å²) in [6.07, 6.45) is 0.237. The standard InChI is InChI=1S/C15H15BrN2O2S/c1-10-2-3-12(8-13(10)16)18-14(19)4-6-17-15(20)11-5-7-21-9-11/h2-3,5,7-9H,4,6H2,1H3,(H,17,20)(H,18,19). The third kappa shape index (κ3) is 4.68. The van der Waals surface area contributed by atoms with Crippen molar-refractivity contribution in [3.05, 3.63) is 50.6 Å². The van der Waals surface area contributed by atoms with Crippen molar-refractivity contribution in [1.82, 2.24) is 5.32 Å². The zero-order chi connectivity index (χ0) is 15.2. The zero-order valence-corrected chi connectivity index (χ0v) is 13.9. The average Bonchev–Trinajstić information content (AvgIpc) is 2.97. The van der Waals surface area contributed by atoms with E-state index in [1.54, 1.807) is 11.4 Å². The second kappa shape index (κ2) is 7.38. The SMILES string of the molecule is Cc1ccc(NC(=O)CCNC(=O)c2ccsc2)cc1Br. The number of aryl methyl sites for hydroxylation is 1. The minimum absolute atomic E-state index is 0.128. The molecule has 1 aromatic carbocycles. The average molecular weight is 367 g/mol. The van der Waals surface area contributed by atoms with E-state index in [-0.39, 0.29) is 18.2 Å². The summed E-state index contributed by atoms with van der Waals surface area (Å²) >= 11 is 4.89. The fourth-order valence-corrected chi connectivity index (χ4v) is 2.69. The highest BCUT2D eigenvalue weighted by atomic mass is 79.9. The Hall–Kier alpha value is -1.66. The summed E-state index contributed by atoms with van der Waals surface area (Å²) in [5, 5.41) is 9.14. The number of nitrogens with one attached hydrogen (secondary N) is 2.